The average Bonchev–Trinajstić information content (AvgIpc) is 2.41. The average molecular weight is 283 g/mol. The minimum Gasteiger partial charge on any atom is -0.397 e. The molecule has 0 spiro atoms. The van der Waals surface area contributed by atoms with Crippen LogP contribution in [0.4, 0.5) is 5.69 Å². The van der Waals surface area contributed by atoms with Crippen molar-refractivity contribution in [2.75, 3.05) is 25.4 Å². The molecule has 2 heterocycles. The van der Waals surface area contributed by atoms with Gasteiger partial charge in [0.2, 0.25) is 0 Å². The third kappa shape index (κ3) is 3.58. The number of hydrogen-bond acceptors (Lipinski definition) is 4. The van der Waals surface area contributed by atoms with Gasteiger partial charge in [0.15, 0.2) is 0 Å². The predicted octanol–water partition coefficient (Wildman–Crippen LogP) is 1.53. The number of anilines is 1. The maximum Gasteiger partial charge on any atom is 0.254 e. The van der Waals surface area contributed by atoms with Crippen LogP contribution >= 0.6 is 11.6 Å². The standard InChI is InChI=1S/C13H19ClN4O/c1-2-18-5-3-4-10(8-18)17-13(19)11-6-9(15)7-16-12(11)14/h6-7,10H,2-5,8,15H2,1H3,(H,17,19). The lowest BCUT2D eigenvalue weighted by atomic mass is 10.1. The van der Waals surface area contributed by atoms with Crippen molar-refractivity contribution in [3.63, 3.8) is 0 Å². The molecule has 1 aliphatic rings. The van der Waals surface area contributed by atoms with Gasteiger partial charge in [-0.2, -0.15) is 0 Å². The number of nitrogens with two attached hydrogens (primary N) is 1. The molecule has 1 aliphatic heterocycles. The van der Waals surface area contributed by atoms with Crippen LogP contribution in [0.3, 0.4) is 0 Å². The number of nitrogens with zero attached hydrogens (tertiary/aromatic N) is 2. The van der Waals surface area contributed by atoms with Crippen LogP contribution in [0.2, 0.25) is 5.15 Å². The first-order valence-corrected chi connectivity index (χ1v) is 6.92. The van der Waals surface area contributed by atoms with Crippen molar-refractivity contribution in [3.8, 4) is 0 Å². The summed E-state index contributed by atoms with van der Waals surface area (Å²) in [5.74, 6) is -0.201. The van der Waals surface area contributed by atoms with Crippen molar-refractivity contribution in [3.05, 3.63) is 23.0 Å². The van der Waals surface area contributed by atoms with Crippen LogP contribution in [0.5, 0.6) is 0 Å². The van der Waals surface area contributed by atoms with Crippen LogP contribution in [0.15, 0.2) is 12.3 Å². The molecule has 2 rings (SSSR count). The highest BCUT2D eigenvalue weighted by molar-refractivity contribution is 6.32. The van der Waals surface area contributed by atoms with Gasteiger partial charge in [0.25, 0.3) is 5.91 Å². The zero-order valence-corrected chi connectivity index (χ0v) is 11.8. The molecule has 1 aromatic rings. The third-order valence-corrected chi connectivity index (χ3v) is 3.69. The van der Waals surface area contributed by atoms with Gasteiger partial charge in [-0.05, 0) is 32.0 Å². The number of rotatable bonds is 3. The van der Waals surface area contributed by atoms with E-state index in [1.54, 1.807) is 6.07 Å². The van der Waals surface area contributed by atoms with E-state index in [2.05, 4.69) is 22.1 Å². The topological polar surface area (TPSA) is 71.2 Å². The summed E-state index contributed by atoms with van der Waals surface area (Å²) in [4.78, 5) is 18.4. The van der Waals surface area contributed by atoms with Crippen LogP contribution in [-0.2, 0) is 0 Å². The second kappa shape index (κ2) is 6.21. The van der Waals surface area contributed by atoms with E-state index < -0.39 is 0 Å². The lowest BCUT2D eigenvalue weighted by Crippen LogP contribution is -2.47. The Labute approximate surface area is 118 Å². The van der Waals surface area contributed by atoms with E-state index in [1.165, 1.54) is 6.20 Å². The number of aromatic nitrogens is 1. The molecule has 0 aromatic carbocycles. The van der Waals surface area contributed by atoms with E-state index in [-0.39, 0.29) is 17.1 Å². The third-order valence-electron chi connectivity index (χ3n) is 3.39. The molecule has 3 N–H and O–H groups in total. The molecule has 6 heteroatoms. The van der Waals surface area contributed by atoms with Crippen LogP contribution < -0.4 is 11.1 Å². The zero-order valence-electron chi connectivity index (χ0n) is 11.0. The summed E-state index contributed by atoms with van der Waals surface area (Å²) in [5.41, 5.74) is 6.41. The van der Waals surface area contributed by atoms with Gasteiger partial charge < -0.3 is 16.0 Å². The summed E-state index contributed by atoms with van der Waals surface area (Å²) in [5, 5.41) is 3.20. The highest BCUT2D eigenvalue weighted by atomic mass is 35.5. The van der Waals surface area contributed by atoms with Crippen molar-refractivity contribution in [2.45, 2.75) is 25.8 Å². The number of hydrogen-bond donors (Lipinski definition) is 2. The van der Waals surface area contributed by atoms with Crippen LogP contribution in [0.1, 0.15) is 30.1 Å². The molecule has 19 heavy (non-hydrogen) atoms. The number of carbonyl (C=O) groups excluding carboxylic acids is 1. The monoisotopic (exact) mass is 282 g/mol. The molecular weight excluding hydrogens is 264 g/mol. The molecule has 1 unspecified atom stereocenters. The smallest absolute Gasteiger partial charge is 0.254 e. The molecule has 104 valence electrons. The second-order valence-electron chi connectivity index (χ2n) is 4.81. The largest absolute Gasteiger partial charge is 0.397 e. The van der Waals surface area contributed by atoms with E-state index >= 15 is 0 Å². The Balaban J connectivity index is 2.02. The predicted molar refractivity (Wildman–Crippen MR) is 76.3 cm³/mol. The van der Waals surface area contributed by atoms with Gasteiger partial charge in [-0.1, -0.05) is 18.5 Å². The lowest BCUT2D eigenvalue weighted by Gasteiger charge is -2.32. The highest BCUT2D eigenvalue weighted by Crippen LogP contribution is 2.17. The Hall–Kier alpha value is -1.33. The van der Waals surface area contributed by atoms with Gasteiger partial charge in [0.05, 0.1) is 17.4 Å². The number of likely N-dealkylation sites (N-methyl/N-ethyl adjacent to an activating group) is 1. The summed E-state index contributed by atoms with van der Waals surface area (Å²) in [6.07, 6.45) is 3.54. The van der Waals surface area contributed by atoms with Gasteiger partial charge in [0, 0.05) is 12.6 Å². The molecule has 0 aliphatic carbocycles. The molecule has 1 atom stereocenters. The first kappa shape index (κ1) is 14.1. The molecule has 1 saturated heterocycles. The highest BCUT2D eigenvalue weighted by Gasteiger charge is 2.22. The molecule has 0 saturated carbocycles. The fraction of sp³-hybridized carbons (Fsp3) is 0.538. The van der Waals surface area contributed by atoms with E-state index in [0.29, 0.717) is 11.3 Å². The number of amides is 1. The Kier molecular flexibility index (Phi) is 4.61. The van der Waals surface area contributed by atoms with Crippen molar-refractivity contribution < 1.29 is 4.79 Å². The zero-order chi connectivity index (χ0) is 13.8. The minimum atomic E-state index is -0.201. The lowest BCUT2D eigenvalue weighted by molar-refractivity contribution is 0.0905. The fourth-order valence-corrected chi connectivity index (χ4v) is 2.54. The Morgan fingerprint density at radius 1 is 1.68 bits per heavy atom. The summed E-state index contributed by atoms with van der Waals surface area (Å²) < 4.78 is 0. The van der Waals surface area contributed by atoms with Gasteiger partial charge in [-0.3, -0.25) is 4.79 Å². The molecule has 1 aromatic heterocycles. The van der Waals surface area contributed by atoms with Crippen molar-refractivity contribution in [1.82, 2.24) is 15.2 Å². The van der Waals surface area contributed by atoms with E-state index in [4.69, 9.17) is 17.3 Å². The number of pyridine rings is 1. The fourth-order valence-electron chi connectivity index (χ4n) is 2.35. The molecule has 5 nitrogen and oxygen atoms in total. The molecule has 1 amide bonds. The number of piperidine rings is 1. The summed E-state index contributed by atoms with van der Waals surface area (Å²) in [7, 11) is 0. The van der Waals surface area contributed by atoms with Crippen molar-refractivity contribution in [2.24, 2.45) is 0 Å². The van der Waals surface area contributed by atoms with Crippen LogP contribution in [0, 0.1) is 0 Å². The van der Waals surface area contributed by atoms with Crippen molar-refractivity contribution >= 4 is 23.2 Å². The molecule has 0 bridgehead atoms. The Morgan fingerprint density at radius 2 is 2.47 bits per heavy atom. The van der Waals surface area contributed by atoms with E-state index in [1.807, 2.05) is 0 Å². The van der Waals surface area contributed by atoms with Gasteiger partial charge >= 0.3 is 0 Å². The number of halogens is 1. The second-order valence-corrected chi connectivity index (χ2v) is 5.17. The molecule has 0 radical (unpaired) electrons. The first-order chi connectivity index (χ1) is 9.10. The number of likely N-dealkylation sites (tertiary alicyclic amines) is 1. The minimum absolute atomic E-state index is 0.165. The number of nitrogen functional groups attached to an aromatic ring is 1. The normalized spacial score (nSPS) is 20.2. The summed E-state index contributed by atoms with van der Waals surface area (Å²) >= 11 is 5.93. The quantitative estimate of drug-likeness (QED) is 0.825. The van der Waals surface area contributed by atoms with E-state index in [0.717, 1.165) is 32.5 Å². The Bertz CT molecular complexity index is 466. The SMILES string of the molecule is CCN1CCCC(NC(=O)c2cc(N)cnc2Cl)C1. The molecular formula is C13H19ClN4O. The maximum atomic E-state index is 12.2. The summed E-state index contributed by atoms with van der Waals surface area (Å²) in [6, 6.07) is 1.73. The number of nitrogens with one attached hydrogen (secondary N) is 1. The Morgan fingerprint density at radius 3 is 3.21 bits per heavy atom. The van der Waals surface area contributed by atoms with Gasteiger partial charge in [-0.25, -0.2) is 4.98 Å². The number of carbonyl (C=O) groups is 1. The van der Waals surface area contributed by atoms with Crippen LogP contribution in [-0.4, -0.2) is 41.5 Å². The van der Waals surface area contributed by atoms with Crippen molar-refractivity contribution in [1.29, 1.82) is 0 Å². The van der Waals surface area contributed by atoms with Gasteiger partial charge in [-0.15, -0.1) is 0 Å². The maximum absolute atomic E-state index is 12.2. The first-order valence-electron chi connectivity index (χ1n) is 6.54. The van der Waals surface area contributed by atoms with Gasteiger partial charge in [0.1, 0.15) is 5.15 Å². The molecule has 1 fully saturated rings. The van der Waals surface area contributed by atoms with E-state index in [9.17, 15) is 4.79 Å². The summed E-state index contributed by atoms with van der Waals surface area (Å²) in [6.45, 7) is 5.12. The van der Waals surface area contributed by atoms with Crippen LogP contribution in [0.25, 0.3) is 0 Å².